The van der Waals surface area contributed by atoms with Gasteiger partial charge >= 0.3 is 5.97 Å². The van der Waals surface area contributed by atoms with Crippen molar-refractivity contribution >= 4 is 5.97 Å². The summed E-state index contributed by atoms with van der Waals surface area (Å²) in [5.41, 5.74) is 7.36. The van der Waals surface area contributed by atoms with Gasteiger partial charge in [-0.1, -0.05) is 37.6 Å². The van der Waals surface area contributed by atoms with Crippen molar-refractivity contribution in [3.8, 4) is 0 Å². The van der Waals surface area contributed by atoms with Crippen LogP contribution in [0.15, 0.2) is 24.3 Å². The number of benzene rings is 1. The average Bonchev–Trinajstić information content (AvgIpc) is 2.35. The van der Waals surface area contributed by atoms with Gasteiger partial charge in [0.15, 0.2) is 0 Å². The third-order valence-corrected chi connectivity index (χ3v) is 3.86. The van der Waals surface area contributed by atoms with E-state index in [1.54, 1.807) is 6.92 Å². The first-order valence-corrected chi connectivity index (χ1v) is 6.93. The minimum atomic E-state index is -1.12. The highest BCUT2D eigenvalue weighted by atomic mass is 16.4. The summed E-state index contributed by atoms with van der Waals surface area (Å²) in [7, 11) is 0. The smallest absolute Gasteiger partial charge is 0.323 e. The zero-order chi connectivity index (χ0) is 14.5. The van der Waals surface area contributed by atoms with E-state index in [1.807, 2.05) is 12.1 Å². The topological polar surface area (TPSA) is 63.3 Å². The molecule has 106 valence electrons. The summed E-state index contributed by atoms with van der Waals surface area (Å²) in [4.78, 5) is 11.1. The third kappa shape index (κ3) is 4.67. The van der Waals surface area contributed by atoms with Gasteiger partial charge < -0.3 is 10.8 Å². The van der Waals surface area contributed by atoms with Crippen LogP contribution >= 0.6 is 0 Å². The van der Waals surface area contributed by atoms with Crippen LogP contribution < -0.4 is 5.73 Å². The highest BCUT2D eigenvalue weighted by Gasteiger charge is 2.30. The molecule has 19 heavy (non-hydrogen) atoms. The van der Waals surface area contributed by atoms with Gasteiger partial charge in [-0.15, -0.1) is 0 Å². The third-order valence-electron chi connectivity index (χ3n) is 3.86. The summed E-state index contributed by atoms with van der Waals surface area (Å²) >= 11 is 0. The Morgan fingerprint density at radius 3 is 2.58 bits per heavy atom. The molecule has 0 radical (unpaired) electrons. The lowest BCUT2D eigenvalue weighted by Gasteiger charge is -2.25. The molecule has 1 rings (SSSR count). The molecule has 0 aromatic heterocycles. The van der Waals surface area contributed by atoms with Gasteiger partial charge in [0.05, 0.1) is 0 Å². The van der Waals surface area contributed by atoms with Crippen molar-refractivity contribution in [1.82, 2.24) is 0 Å². The van der Waals surface area contributed by atoms with Crippen molar-refractivity contribution in [1.29, 1.82) is 0 Å². The Morgan fingerprint density at radius 1 is 1.42 bits per heavy atom. The predicted molar refractivity (Wildman–Crippen MR) is 78.1 cm³/mol. The number of hydrogen-bond donors (Lipinski definition) is 2. The maximum Gasteiger partial charge on any atom is 0.323 e. The molecule has 3 N–H and O–H groups in total. The first-order valence-electron chi connectivity index (χ1n) is 6.93. The number of nitrogens with two attached hydrogens (primary N) is 1. The Labute approximate surface area is 115 Å². The quantitative estimate of drug-likeness (QED) is 0.794. The zero-order valence-electron chi connectivity index (χ0n) is 12.1. The number of aliphatic carboxylic acids is 1. The fourth-order valence-electron chi connectivity index (χ4n) is 2.39. The molecule has 2 unspecified atom stereocenters. The molecule has 0 aliphatic rings. The van der Waals surface area contributed by atoms with Crippen molar-refractivity contribution in [2.75, 3.05) is 0 Å². The van der Waals surface area contributed by atoms with Crippen LogP contribution in [0.1, 0.15) is 44.2 Å². The molecular weight excluding hydrogens is 238 g/mol. The molecule has 0 bridgehead atoms. The van der Waals surface area contributed by atoms with Crippen molar-refractivity contribution in [2.45, 2.75) is 52.0 Å². The second-order valence-corrected chi connectivity index (χ2v) is 5.67. The van der Waals surface area contributed by atoms with E-state index in [-0.39, 0.29) is 0 Å². The summed E-state index contributed by atoms with van der Waals surface area (Å²) in [6.07, 6.45) is 3.47. The van der Waals surface area contributed by atoms with Crippen LogP contribution in [0.25, 0.3) is 0 Å². The number of hydrogen-bond acceptors (Lipinski definition) is 2. The van der Waals surface area contributed by atoms with Gasteiger partial charge in [0, 0.05) is 0 Å². The Hall–Kier alpha value is -1.35. The van der Waals surface area contributed by atoms with E-state index in [2.05, 4.69) is 26.0 Å². The lowest BCUT2D eigenvalue weighted by molar-refractivity contribution is -0.143. The molecule has 0 aliphatic carbocycles. The molecule has 0 fully saturated rings. The van der Waals surface area contributed by atoms with Crippen LogP contribution in [0, 0.1) is 12.8 Å². The summed E-state index contributed by atoms with van der Waals surface area (Å²) in [5.74, 6) is -0.562. The van der Waals surface area contributed by atoms with Gasteiger partial charge in [-0.2, -0.15) is 0 Å². The van der Waals surface area contributed by atoms with Crippen molar-refractivity contribution in [3.63, 3.8) is 0 Å². The van der Waals surface area contributed by atoms with Crippen LogP contribution in [0.3, 0.4) is 0 Å². The van der Waals surface area contributed by atoms with Crippen molar-refractivity contribution in [3.05, 3.63) is 35.4 Å². The molecule has 3 heteroatoms. The fraction of sp³-hybridized carbons (Fsp3) is 0.562. The van der Waals surface area contributed by atoms with E-state index in [0.29, 0.717) is 12.3 Å². The monoisotopic (exact) mass is 263 g/mol. The van der Waals surface area contributed by atoms with E-state index in [9.17, 15) is 4.79 Å². The fourth-order valence-corrected chi connectivity index (χ4v) is 2.39. The molecule has 1 aromatic carbocycles. The second-order valence-electron chi connectivity index (χ2n) is 5.67. The van der Waals surface area contributed by atoms with Crippen LogP contribution in [-0.2, 0) is 11.2 Å². The molecule has 3 nitrogen and oxygen atoms in total. The lowest BCUT2D eigenvalue weighted by Crippen LogP contribution is -2.46. The van der Waals surface area contributed by atoms with Gasteiger partial charge in [-0.25, -0.2) is 0 Å². The van der Waals surface area contributed by atoms with E-state index < -0.39 is 11.5 Å². The zero-order valence-corrected chi connectivity index (χ0v) is 12.1. The molecular formula is C16H25NO2. The van der Waals surface area contributed by atoms with E-state index in [0.717, 1.165) is 19.3 Å². The minimum Gasteiger partial charge on any atom is -0.480 e. The van der Waals surface area contributed by atoms with E-state index >= 15 is 0 Å². The van der Waals surface area contributed by atoms with Gasteiger partial charge in [-0.05, 0) is 50.2 Å². The molecule has 0 saturated carbocycles. The SMILES string of the molecule is CCC(CCc1ccccc1C)CC(C)(N)C(=O)O. The first-order chi connectivity index (χ1) is 8.86. The van der Waals surface area contributed by atoms with E-state index in [1.165, 1.54) is 11.1 Å². The van der Waals surface area contributed by atoms with Gasteiger partial charge in [0.1, 0.15) is 5.54 Å². The molecule has 0 saturated heterocycles. The predicted octanol–water partition coefficient (Wildman–Crippen LogP) is 3.15. The number of rotatable bonds is 7. The van der Waals surface area contributed by atoms with Crippen molar-refractivity contribution in [2.24, 2.45) is 11.7 Å². The first kappa shape index (κ1) is 15.7. The second kappa shape index (κ2) is 6.71. The maximum atomic E-state index is 11.1. The Kier molecular flexibility index (Phi) is 5.55. The van der Waals surface area contributed by atoms with Gasteiger partial charge in [-0.3, -0.25) is 4.79 Å². The molecule has 0 heterocycles. The molecule has 0 aliphatic heterocycles. The van der Waals surface area contributed by atoms with Crippen LogP contribution in [0.2, 0.25) is 0 Å². The normalized spacial score (nSPS) is 15.8. The molecule has 1 aromatic rings. The van der Waals surface area contributed by atoms with Crippen molar-refractivity contribution < 1.29 is 9.90 Å². The Bertz CT molecular complexity index is 427. The minimum absolute atomic E-state index is 0.353. The Balaban J connectivity index is 2.59. The van der Waals surface area contributed by atoms with Crippen LogP contribution in [0.4, 0.5) is 0 Å². The number of aryl methyl sites for hydroxylation is 2. The largest absolute Gasteiger partial charge is 0.480 e. The molecule has 0 amide bonds. The highest BCUT2D eigenvalue weighted by molar-refractivity contribution is 5.77. The van der Waals surface area contributed by atoms with Gasteiger partial charge in [0.25, 0.3) is 0 Å². The number of carboxylic acid groups (broad SMARTS) is 1. The highest BCUT2D eigenvalue weighted by Crippen LogP contribution is 2.23. The average molecular weight is 263 g/mol. The summed E-state index contributed by atoms with van der Waals surface area (Å²) in [5, 5.41) is 9.09. The Morgan fingerprint density at radius 2 is 2.05 bits per heavy atom. The summed E-state index contributed by atoms with van der Waals surface area (Å²) in [6.45, 7) is 5.81. The van der Waals surface area contributed by atoms with Crippen LogP contribution in [-0.4, -0.2) is 16.6 Å². The molecule has 0 spiro atoms. The summed E-state index contributed by atoms with van der Waals surface area (Å²) < 4.78 is 0. The molecule has 2 atom stereocenters. The lowest BCUT2D eigenvalue weighted by atomic mass is 9.84. The maximum absolute atomic E-state index is 11.1. The summed E-state index contributed by atoms with van der Waals surface area (Å²) in [6, 6.07) is 8.34. The number of carboxylic acids is 1. The van der Waals surface area contributed by atoms with Crippen LogP contribution in [0.5, 0.6) is 0 Å². The number of carbonyl (C=O) groups is 1. The van der Waals surface area contributed by atoms with E-state index in [4.69, 9.17) is 10.8 Å². The van der Waals surface area contributed by atoms with Gasteiger partial charge in [0.2, 0.25) is 0 Å². The standard InChI is InChI=1S/C16H25NO2/c1-4-13(11-16(3,17)15(18)19)9-10-14-8-6-5-7-12(14)2/h5-8,13H,4,9-11,17H2,1-3H3,(H,18,19).